The Labute approximate surface area is 112 Å². The zero-order chi connectivity index (χ0) is 12.4. The molecule has 1 aliphatic rings. The van der Waals surface area contributed by atoms with E-state index in [1.54, 1.807) is 0 Å². The first-order valence-corrected chi connectivity index (χ1v) is 7.61. The average Bonchev–Trinajstić information content (AvgIpc) is 2.92. The maximum absolute atomic E-state index is 4.74. The molecule has 1 atom stereocenters. The Morgan fingerprint density at radius 3 is 3.00 bits per heavy atom. The first kappa shape index (κ1) is 12.0. The number of fused-ring (bicyclic) bond motifs is 1. The predicted octanol–water partition coefficient (Wildman–Crippen LogP) is 3.17. The molecule has 1 aromatic heterocycles. The van der Waals surface area contributed by atoms with Crippen molar-refractivity contribution in [2.75, 3.05) is 18.6 Å². The largest absolute Gasteiger partial charge is 0.297 e. The first-order chi connectivity index (χ1) is 8.83. The highest BCUT2D eigenvalue weighted by Gasteiger charge is 2.20. The molecule has 94 valence electrons. The van der Waals surface area contributed by atoms with E-state index >= 15 is 0 Å². The molecule has 0 radical (unpaired) electrons. The monoisotopic (exact) mass is 258 g/mol. The minimum absolute atomic E-state index is 0.725. The van der Waals surface area contributed by atoms with Crippen LogP contribution in [-0.4, -0.2) is 34.5 Å². The number of aromatic nitrogens is 1. The SMILES string of the molecule is CN(Cc1ccc2ccccc2n1)[C@H]1CCSC1. The van der Waals surface area contributed by atoms with Crippen LogP contribution in [0.5, 0.6) is 0 Å². The third-order valence-electron chi connectivity index (χ3n) is 3.60. The van der Waals surface area contributed by atoms with Crippen LogP contribution in [0.4, 0.5) is 0 Å². The van der Waals surface area contributed by atoms with Crippen molar-refractivity contribution >= 4 is 22.7 Å². The molecule has 1 aromatic carbocycles. The highest BCUT2D eigenvalue weighted by Crippen LogP contribution is 2.22. The minimum Gasteiger partial charge on any atom is -0.297 e. The normalized spacial score (nSPS) is 19.8. The molecule has 0 aliphatic carbocycles. The van der Waals surface area contributed by atoms with Gasteiger partial charge in [-0.25, -0.2) is 0 Å². The summed E-state index contributed by atoms with van der Waals surface area (Å²) >= 11 is 2.06. The van der Waals surface area contributed by atoms with Crippen molar-refractivity contribution in [1.29, 1.82) is 0 Å². The zero-order valence-corrected chi connectivity index (χ0v) is 11.5. The summed E-state index contributed by atoms with van der Waals surface area (Å²) in [6, 6.07) is 13.4. The third kappa shape index (κ3) is 2.52. The van der Waals surface area contributed by atoms with Crippen LogP contribution >= 0.6 is 11.8 Å². The summed E-state index contributed by atoms with van der Waals surface area (Å²) in [5.41, 5.74) is 2.28. The smallest absolute Gasteiger partial charge is 0.0705 e. The van der Waals surface area contributed by atoms with E-state index in [1.807, 2.05) is 0 Å². The molecule has 0 amide bonds. The lowest BCUT2D eigenvalue weighted by Crippen LogP contribution is -2.31. The summed E-state index contributed by atoms with van der Waals surface area (Å²) in [6.45, 7) is 0.954. The van der Waals surface area contributed by atoms with Crippen LogP contribution in [0.15, 0.2) is 36.4 Å². The summed E-state index contributed by atoms with van der Waals surface area (Å²) in [4.78, 5) is 7.18. The minimum atomic E-state index is 0.725. The van der Waals surface area contributed by atoms with Gasteiger partial charge in [-0.3, -0.25) is 9.88 Å². The molecular weight excluding hydrogens is 240 g/mol. The maximum atomic E-state index is 4.74. The van der Waals surface area contributed by atoms with Gasteiger partial charge in [0.05, 0.1) is 11.2 Å². The van der Waals surface area contributed by atoms with Gasteiger partial charge in [-0.05, 0) is 31.4 Å². The van der Waals surface area contributed by atoms with Crippen LogP contribution in [0.3, 0.4) is 0 Å². The van der Waals surface area contributed by atoms with Crippen molar-refractivity contribution in [3.63, 3.8) is 0 Å². The lowest BCUT2D eigenvalue weighted by Gasteiger charge is -2.23. The van der Waals surface area contributed by atoms with E-state index in [-0.39, 0.29) is 0 Å². The predicted molar refractivity (Wildman–Crippen MR) is 78.9 cm³/mol. The summed E-state index contributed by atoms with van der Waals surface area (Å²) in [5, 5.41) is 1.22. The second-order valence-electron chi connectivity index (χ2n) is 4.93. The fourth-order valence-corrected chi connectivity index (χ4v) is 3.75. The molecule has 0 N–H and O–H groups in total. The van der Waals surface area contributed by atoms with Crippen LogP contribution in [0.25, 0.3) is 10.9 Å². The van der Waals surface area contributed by atoms with Gasteiger partial charge in [0.2, 0.25) is 0 Å². The van der Waals surface area contributed by atoms with Gasteiger partial charge < -0.3 is 0 Å². The van der Waals surface area contributed by atoms with Crippen LogP contribution in [0, 0.1) is 0 Å². The zero-order valence-electron chi connectivity index (χ0n) is 10.7. The molecule has 2 nitrogen and oxygen atoms in total. The van der Waals surface area contributed by atoms with Crippen molar-refractivity contribution in [2.24, 2.45) is 0 Å². The molecule has 0 unspecified atom stereocenters. The van der Waals surface area contributed by atoms with Crippen molar-refractivity contribution in [3.8, 4) is 0 Å². The lowest BCUT2D eigenvalue weighted by molar-refractivity contribution is 0.252. The summed E-state index contributed by atoms with van der Waals surface area (Å²) in [5.74, 6) is 2.57. The number of benzene rings is 1. The number of nitrogens with zero attached hydrogens (tertiary/aromatic N) is 2. The van der Waals surface area contributed by atoms with Gasteiger partial charge in [-0.15, -0.1) is 0 Å². The summed E-state index contributed by atoms with van der Waals surface area (Å²) in [7, 11) is 2.22. The Bertz CT molecular complexity index is 535. The fourth-order valence-electron chi connectivity index (χ4n) is 2.45. The number of hydrogen-bond donors (Lipinski definition) is 0. The van der Waals surface area contributed by atoms with E-state index in [4.69, 9.17) is 4.98 Å². The molecule has 18 heavy (non-hydrogen) atoms. The average molecular weight is 258 g/mol. The van der Waals surface area contributed by atoms with Crippen LogP contribution < -0.4 is 0 Å². The van der Waals surface area contributed by atoms with Crippen molar-refractivity contribution in [1.82, 2.24) is 9.88 Å². The van der Waals surface area contributed by atoms with Crippen molar-refractivity contribution < 1.29 is 0 Å². The van der Waals surface area contributed by atoms with E-state index < -0.39 is 0 Å². The Morgan fingerprint density at radius 1 is 1.28 bits per heavy atom. The van der Waals surface area contributed by atoms with E-state index in [2.05, 4.69) is 60.1 Å². The molecule has 1 aliphatic heterocycles. The highest BCUT2D eigenvalue weighted by molar-refractivity contribution is 7.99. The van der Waals surface area contributed by atoms with Crippen molar-refractivity contribution in [2.45, 2.75) is 19.0 Å². The van der Waals surface area contributed by atoms with E-state index in [0.717, 1.165) is 18.1 Å². The molecule has 3 heteroatoms. The highest BCUT2D eigenvalue weighted by atomic mass is 32.2. The molecule has 3 rings (SSSR count). The van der Waals surface area contributed by atoms with Gasteiger partial charge in [0.1, 0.15) is 0 Å². The second kappa shape index (κ2) is 5.29. The Balaban J connectivity index is 1.77. The van der Waals surface area contributed by atoms with Gasteiger partial charge in [0.25, 0.3) is 0 Å². The summed E-state index contributed by atoms with van der Waals surface area (Å²) < 4.78 is 0. The van der Waals surface area contributed by atoms with Gasteiger partial charge in [0.15, 0.2) is 0 Å². The van der Waals surface area contributed by atoms with Crippen molar-refractivity contribution in [3.05, 3.63) is 42.1 Å². The maximum Gasteiger partial charge on any atom is 0.0705 e. The Hall–Kier alpha value is -1.06. The number of hydrogen-bond acceptors (Lipinski definition) is 3. The van der Waals surface area contributed by atoms with Gasteiger partial charge >= 0.3 is 0 Å². The van der Waals surface area contributed by atoms with Gasteiger partial charge in [0, 0.05) is 23.7 Å². The van der Waals surface area contributed by atoms with E-state index in [1.165, 1.54) is 29.0 Å². The number of thioether (sulfide) groups is 1. The van der Waals surface area contributed by atoms with Crippen LogP contribution in [0.2, 0.25) is 0 Å². The first-order valence-electron chi connectivity index (χ1n) is 6.45. The molecule has 0 saturated carbocycles. The molecule has 1 saturated heterocycles. The quantitative estimate of drug-likeness (QED) is 0.841. The van der Waals surface area contributed by atoms with E-state index in [9.17, 15) is 0 Å². The topological polar surface area (TPSA) is 16.1 Å². The van der Waals surface area contributed by atoms with E-state index in [0.29, 0.717) is 0 Å². The van der Waals surface area contributed by atoms with Gasteiger partial charge in [-0.2, -0.15) is 11.8 Å². The number of pyridine rings is 1. The number of rotatable bonds is 3. The fraction of sp³-hybridized carbons (Fsp3) is 0.400. The van der Waals surface area contributed by atoms with Gasteiger partial charge in [-0.1, -0.05) is 24.3 Å². The van der Waals surface area contributed by atoms with Crippen LogP contribution in [0.1, 0.15) is 12.1 Å². The number of para-hydroxylation sites is 1. The molecule has 2 heterocycles. The second-order valence-corrected chi connectivity index (χ2v) is 6.08. The van der Waals surface area contributed by atoms with Crippen LogP contribution in [-0.2, 0) is 6.54 Å². The molecule has 2 aromatic rings. The molecule has 0 bridgehead atoms. The standard InChI is InChI=1S/C15H18N2S/c1-17(14-8-9-18-11-14)10-13-7-6-12-4-2-3-5-15(12)16-13/h2-7,14H,8-11H2,1H3/t14-/m0/s1. The summed E-state index contributed by atoms with van der Waals surface area (Å²) in [6.07, 6.45) is 1.31. The molecule has 0 spiro atoms. The Morgan fingerprint density at radius 2 is 2.17 bits per heavy atom. The lowest BCUT2D eigenvalue weighted by atomic mass is 10.2. The molecular formula is C15H18N2S. The third-order valence-corrected chi connectivity index (χ3v) is 4.74. The molecule has 1 fully saturated rings. The Kier molecular flexibility index (Phi) is 3.52.